The first-order valence-corrected chi connectivity index (χ1v) is 10.0. The molecule has 0 aliphatic heterocycles. The topological polar surface area (TPSA) is 76.0 Å². The maximum atomic E-state index is 12.5. The zero-order chi connectivity index (χ0) is 21.0. The van der Waals surface area contributed by atoms with Gasteiger partial charge in [-0.3, -0.25) is 14.2 Å². The first kappa shape index (κ1) is 20.8. The molecule has 2 aromatic carbocycles. The zero-order valence-corrected chi connectivity index (χ0v) is 18.2. The second kappa shape index (κ2) is 9.05. The van der Waals surface area contributed by atoms with E-state index in [-0.39, 0.29) is 18.0 Å². The van der Waals surface area contributed by atoms with Gasteiger partial charge in [-0.2, -0.15) is 0 Å². The van der Waals surface area contributed by atoms with Crippen LogP contribution in [0.4, 0.5) is 11.6 Å². The van der Waals surface area contributed by atoms with Gasteiger partial charge >= 0.3 is 0 Å². The van der Waals surface area contributed by atoms with Gasteiger partial charge < -0.3 is 10.6 Å². The summed E-state index contributed by atoms with van der Waals surface area (Å²) in [5.74, 6) is 0.0822. The molecule has 2 N–H and O–H groups in total. The van der Waals surface area contributed by atoms with E-state index >= 15 is 0 Å². The molecular weight excluding hydrogens is 432 g/mol. The average molecular weight is 455 g/mol. The van der Waals surface area contributed by atoms with E-state index in [1.807, 2.05) is 50.2 Å². The van der Waals surface area contributed by atoms with Crippen LogP contribution in [0, 0.1) is 20.8 Å². The molecule has 7 heteroatoms. The van der Waals surface area contributed by atoms with E-state index in [2.05, 4.69) is 37.6 Å². The molecule has 3 rings (SSSR count). The van der Waals surface area contributed by atoms with Crippen LogP contribution in [-0.2, 0) is 17.9 Å². The predicted molar refractivity (Wildman–Crippen MR) is 118 cm³/mol. The predicted octanol–water partition coefficient (Wildman–Crippen LogP) is 3.99. The highest BCUT2D eigenvalue weighted by Gasteiger charge is 2.12. The van der Waals surface area contributed by atoms with Crippen LogP contribution in [0.2, 0.25) is 0 Å². The molecule has 0 unspecified atom stereocenters. The molecular formula is C22H23BrN4O2. The minimum atomic E-state index is -0.276. The fourth-order valence-corrected chi connectivity index (χ4v) is 3.54. The summed E-state index contributed by atoms with van der Waals surface area (Å²) in [7, 11) is 0. The lowest BCUT2D eigenvalue weighted by atomic mass is 10.1. The van der Waals surface area contributed by atoms with Crippen molar-refractivity contribution in [3.8, 4) is 0 Å². The third kappa shape index (κ3) is 5.77. The Hall–Kier alpha value is -2.93. The Bertz CT molecular complexity index is 1090. The van der Waals surface area contributed by atoms with Gasteiger partial charge in [0, 0.05) is 28.5 Å². The summed E-state index contributed by atoms with van der Waals surface area (Å²) in [5, 5.41) is 6.04. The number of hydrogen-bond acceptors (Lipinski definition) is 4. The second-order valence-corrected chi connectivity index (χ2v) is 7.97. The first-order chi connectivity index (χ1) is 13.8. The van der Waals surface area contributed by atoms with Gasteiger partial charge in [0.2, 0.25) is 11.9 Å². The lowest BCUT2D eigenvalue weighted by Crippen LogP contribution is -2.33. The number of carbonyl (C=O) groups excluding carboxylic acids is 1. The second-order valence-electron chi connectivity index (χ2n) is 7.05. The SMILES string of the molecule is Cc1cc(C)cc(Nc2nc(C)cc(=O)n2CC(=O)NCc2cccc(Br)c2)c1. The maximum Gasteiger partial charge on any atom is 0.255 e. The van der Waals surface area contributed by atoms with Crippen LogP contribution in [0.15, 0.2) is 57.8 Å². The summed E-state index contributed by atoms with van der Waals surface area (Å²) >= 11 is 3.42. The summed E-state index contributed by atoms with van der Waals surface area (Å²) in [6, 6.07) is 15.1. The van der Waals surface area contributed by atoms with E-state index in [1.165, 1.54) is 10.6 Å². The van der Waals surface area contributed by atoms with Gasteiger partial charge in [-0.15, -0.1) is 0 Å². The fourth-order valence-electron chi connectivity index (χ4n) is 3.09. The first-order valence-electron chi connectivity index (χ1n) is 9.25. The van der Waals surface area contributed by atoms with E-state index in [9.17, 15) is 9.59 Å². The molecule has 150 valence electrons. The van der Waals surface area contributed by atoms with Crippen LogP contribution in [0.5, 0.6) is 0 Å². The lowest BCUT2D eigenvalue weighted by molar-refractivity contribution is -0.121. The van der Waals surface area contributed by atoms with E-state index in [4.69, 9.17) is 0 Å². The van der Waals surface area contributed by atoms with Gasteiger partial charge in [0.05, 0.1) is 0 Å². The maximum absolute atomic E-state index is 12.5. The molecule has 0 radical (unpaired) electrons. The van der Waals surface area contributed by atoms with Crippen LogP contribution in [-0.4, -0.2) is 15.5 Å². The van der Waals surface area contributed by atoms with Crippen molar-refractivity contribution in [3.63, 3.8) is 0 Å². The highest BCUT2D eigenvalue weighted by Crippen LogP contribution is 2.18. The lowest BCUT2D eigenvalue weighted by Gasteiger charge is -2.15. The van der Waals surface area contributed by atoms with Crippen molar-refractivity contribution in [3.05, 3.63) is 85.7 Å². The Morgan fingerprint density at radius 2 is 1.79 bits per heavy atom. The number of rotatable bonds is 6. The van der Waals surface area contributed by atoms with Crippen LogP contribution in [0.3, 0.4) is 0 Å². The number of halogens is 1. The van der Waals surface area contributed by atoms with Gasteiger partial charge in [-0.1, -0.05) is 34.1 Å². The number of anilines is 2. The molecule has 0 spiro atoms. The number of amides is 1. The van der Waals surface area contributed by atoms with Gasteiger partial charge in [-0.05, 0) is 61.7 Å². The van der Waals surface area contributed by atoms with Crippen molar-refractivity contribution in [1.29, 1.82) is 0 Å². The minimum Gasteiger partial charge on any atom is -0.350 e. The molecule has 0 bridgehead atoms. The summed E-state index contributed by atoms with van der Waals surface area (Å²) in [5.41, 5.74) is 4.30. The molecule has 6 nitrogen and oxygen atoms in total. The fraction of sp³-hybridized carbons (Fsp3) is 0.227. The summed E-state index contributed by atoms with van der Waals surface area (Å²) < 4.78 is 2.30. The summed E-state index contributed by atoms with van der Waals surface area (Å²) in [6.45, 7) is 6.03. The normalized spacial score (nSPS) is 10.6. The number of aryl methyl sites for hydroxylation is 3. The Morgan fingerprint density at radius 1 is 1.07 bits per heavy atom. The number of nitrogens with zero attached hydrogens (tertiary/aromatic N) is 2. The molecule has 1 aromatic heterocycles. The van der Waals surface area contributed by atoms with Crippen molar-refractivity contribution in [2.45, 2.75) is 33.9 Å². The van der Waals surface area contributed by atoms with Crippen LogP contribution >= 0.6 is 15.9 Å². The molecule has 1 heterocycles. The summed E-state index contributed by atoms with van der Waals surface area (Å²) in [4.78, 5) is 29.5. The molecule has 0 saturated heterocycles. The standard InChI is InChI=1S/C22H23BrN4O2/c1-14-7-15(2)9-19(8-14)26-22-25-16(3)10-21(29)27(22)13-20(28)24-12-17-5-4-6-18(23)11-17/h4-11H,12-13H2,1-3H3,(H,24,28)(H,25,26). The van der Waals surface area contributed by atoms with Gasteiger partial charge in [0.15, 0.2) is 0 Å². The Balaban J connectivity index is 1.79. The average Bonchev–Trinajstić information content (AvgIpc) is 2.62. The zero-order valence-electron chi connectivity index (χ0n) is 16.6. The monoisotopic (exact) mass is 454 g/mol. The molecule has 29 heavy (non-hydrogen) atoms. The van der Waals surface area contributed by atoms with Crippen molar-refractivity contribution < 1.29 is 4.79 Å². The van der Waals surface area contributed by atoms with Crippen molar-refractivity contribution in [1.82, 2.24) is 14.9 Å². The molecule has 1 amide bonds. The molecule has 0 aliphatic carbocycles. The van der Waals surface area contributed by atoms with Crippen molar-refractivity contribution in [2.75, 3.05) is 5.32 Å². The number of aromatic nitrogens is 2. The van der Waals surface area contributed by atoms with E-state index in [0.717, 1.165) is 26.9 Å². The molecule has 0 atom stereocenters. The van der Waals surface area contributed by atoms with E-state index < -0.39 is 0 Å². The van der Waals surface area contributed by atoms with Crippen LogP contribution < -0.4 is 16.2 Å². The quantitative estimate of drug-likeness (QED) is 0.590. The van der Waals surface area contributed by atoms with Gasteiger partial charge in [0.25, 0.3) is 5.56 Å². The van der Waals surface area contributed by atoms with Gasteiger partial charge in [0.1, 0.15) is 6.54 Å². The van der Waals surface area contributed by atoms with E-state index in [1.54, 1.807) is 6.92 Å². The molecule has 3 aromatic rings. The molecule has 0 aliphatic rings. The molecule has 0 fully saturated rings. The number of hydrogen-bond donors (Lipinski definition) is 2. The van der Waals surface area contributed by atoms with Crippen molar-refractivity contribution >= 4 is 33.5 Å². The number of nitrogens with one attached hydrogen (secondary N) is 2. The highest BCUT2D eigenvalue weighted by atomic mass is 79.9. The number of benzene rings is 2. The highest BCUT2D eigenvalue weighted by molar-refractivity contribution is 9.10. The summed E-state index contributed by atoms with van der Waals surface area (Å²) in [6.07, 6.45) is 0. The van der Waals surface area contributed by atoms with E-state index in [0.29, 0.717) is 18.2 Å². The largest absolute Gasteiger partial charge is 0.350 e. The Kier molecular flexibility index (Phi) is 6.49. The third-order valence-electron chi connectivity index (χ3n) is 4.29. The van der Waals surface area contributed by atoms with Crippen LogP contribution in [0.1, 0.15) is 22.4 Å². The number of carbonyl (C=O) groups is 1. The van der Waals surface area contributed by atoms with Crippen molar-refractivity contribution in [2.24, 2.45) is 0 Å². The van der Waals surface area contributed by atoms with Gasteiger partial charge in [-0.25, -0.2) is 4.98 Å². The third-order valence-corrected chi connectivity index (χ3v) is 4.79. The molecule has 0 saturated carbocycles. The Labute approximate surface area is 178 Å². The minimum absolute atomic E-state index is 0.118. The smallest absolute Gasteiger partial charge is 0.255 e. The van der Waals surface area contributed by atoms with Crippen LogP contribution in [0.25, 0.3) is 0 Å². The Morgan fingerprint density at radius 3 is 2.48 bits per heavy atom.